The number of hydrogen-bond acceptors (Lipinski definition) is 2. The van der Waals surface area contributed by atoms with Crippen LogP contribution in [0.3, 0.4) is 0 Å². The smallest absolute Gasteiger partial charge is 0.252 e. The van der Waals surface area contributed by atoms with Crippen molar-refractivity contribution in [1.82, 2.24) is 15.1 Å². The zero-order valence-corrected chi connectivity index (χ0v) is 15.3. The van der Waals surface area contributed by atoms with Crippen LogP contribution in [-0.2, 0) is 6.54 Å². The molecule has 4 rings (SSSR count). The molecule has 0 spiro atoms. The van der Waals surface area contributed by atoms with E-state index in [0.717, 1.165) is 10.2 Å². The highest BCUT2D eigenvalue weighted by Crippen LogP contribution is 2.43. The third-order valence-corrected chi connectivity index (χ3v) is 5.72. The molecule has 126 valence electrons. The van der Waals surface area contributed by atoms with Gasteiger partial charge in [-0.2, -0.15) is 5.10 Å². The Morgan fingerprint density at radius 1 is 1.21 bits per heavy atom. The van der Waals surface area contributed by atoms with Gasteiger partial charge in [0, 0.05) is 16.1 Å². The number of hydrogen-bond donors (Lipinski definition) is 1. The number of nitrogens with one attached hydrogen (secondary N) is 1. The van der Waals surface area contributed by atoms with Crippen molar-refractivity contribution in [3.63, 3.8) is 0 Å². The highest BCUT2D eigenvalue weighted by Gasteiger charge is 2.31. The number of benzene rings is 1. The Morgan fingerprint density at radius 2 is 1.96 bits per heavy atom. The van der Waals surface area contributed by atoms with Crippen LogP contribution in [0.15, 0.2) is 34.8 Å². The first-order valence-electron chi connectivity index (χ1n) is 8.83. The summed E-state index contributed by atoms with van der Waals surface area (Å²) < 4.78 is 3.09. The van der Waals surface area contributed by atoms with Crippen LogP contribution in [0.25, 0.3) is 0 Å². The fourth-order valence-electron chi connectivity index (χ4n) is 3.58. The lowest BCUT2D eigenvalue weighted by molar-refractivity contribution is 0.0949. The van der Waals surface area contributed by atoms with E-state index in [1.807, 2.05) is 24.3 Å². The summed E-state index contributed by atoms with van der Waals surface area (Å²) in [7, 11) is 0. The standard InChI is InChI=1S/C19H22BrN3O/c20-17-8-4-3-7-16(17)19(24)21-12-14-11-18(13-9-10-13)23(22-14)15-5-1-2-6-15/h3-4,7-8,11,13,15H,1-2,5-6,9-10,12H2,(H,21,24). The summed E-state index contributed by atoms with van der Waals surface area (Å²) in [6.45, 7) is 0.486. The second-order valence-corrected chi connectivity index (χ2v) is 7.73. The molecule has 5 heteroatoms. The number of halogens is 1. The molecule has 1 amide bonds. The summed E-state index contributed by atoms with van der Waals surface area (Å²) in [6.07, 6.45) is 7.65. The second-order valence-electron chi connectivity index (χ2n) is 6.88. The van der Waals surface area contributed by atoms with Gasteiger partial charge in [0.25, 0.3) is 5.91 Å². The quantitative estimate of drug-likeness (QED) is 0.816. The molecule has 4 nitrogen and oxygen atoms in total. The summed E-state index contributed by atoms with van der Waals surface area (Å²) in [5.74, 6) is 0.622. The van der Waals surface area contributed by atoms with E-state index in [1.165, 1.54) is 44.2 Å². The van der Waals surface area contributed by atoms with Gasteiger partial charge in [0.05, 0.1) is 23.8 Å². The fourth-order valence-corrected chi connectivity index (χ4v) is 4.05. The topological polar surface area (TPSA) is 46.9 Å². The van der Waals surface area contributed by atoms with Crippen LogP contribution in [-0.4, -0.2) is 15.7 Å². The highest BCUT2D eigenvalue weighted by molar-refractivity contribution is 9.10. The van der Waals surface area contributed by atoms with Crippen LogP contribution in [0.1, 0.15) is 72.2 Å². The van der Waals surface area contributed by atoms with Crippen molar-refractivity contribution in [2.75, 3.05) is 0 Å². The largest absolute Gasteiger partial charge is 0.346 e. The fraction of sp³-hybridized carbons (Fsp3) is 0.474. The molecule has 2 fully saturated rings. The van der Waals surface area contributed by atoms with Crippen molar-refractivity contribution in [1.29, 1.82) is 0 Å². The lowest BCUT2D eigenvalue weighted by atomic mass is 10.2. The van der Waals surface area contributed by atoms with Crippen molar-refractivity contribution in [2.45, 2.75) is 57.0 Å². The minimum absolute atomic E-state index is 0.0640. The van der Waals surface area contributed by atoms with E-state index in [-0.39, 0.29) is 5.91 Å². The van der Waals surface area contributed by atoms with Gasteiger partial charge in [0.15, 0.2) is 0 Å². The Labute approximate surface area is 150 Å². The lowest BCUT2D eigenvalue weighted by Crippen LogP contribution is -2.23. The van der Waals surface area contributed by atoms with Gasteiger partial charge in [-0.25, -0.2) is 0 Å². The molecule has 0 radical (unpaired) electrons. The van der Waals surface area contributed by atoms with E-state index in [4.69, 9.17) is 5.10 Å². The van der Waals surface area contributed by atoms with E-state index in [2.05, 4.69) is 32.0 Å². The molecule has 2 aliphatic carbocycles. The van der Waals surface area contributed by atoms with Gasteiger partial charge in [-0.3, -0.25) is 9.48 Å². The van der Waals surface area contributed by atoms with Crippen molar-refractivity contribution in [3.05, 3.63) is 51.8 Å². The Balaban J connectivity index is 1.47. The molecule has 0 bridgehead atoms. The minimum Gasteiger partial charge on any atom is -0.346 e. The van der Waals surface area contributed by atoms with Crippen molar-refractivity contribution < 1.29 is 4.79 Å². The Morgan fingerprint density at radius 3 is 2.67 bits per heavy atom. The van der Waals surface area contributed by atoms with Crippen LogP contribution < -0.4 is 5.32 Å². The monoisotopic (exact) mass is 387 g/mol. The van der Waals surface area contributed by atoms with Crippen LogP contribution in [0.2, 0.25) is 0 Å². The molecule has 2 aliphatic rings. The average Bonchev–Trinajstić information content (AvgIpc) is 3.12. The number of nitrogens with zero attached hydrogens (tertiary/aromatic N) is 2. The maximum absolute atomic E-state index is 12.4. The molecule has 1 heterocycles. The van der Waals surface area contributed by atoms with Crippen molar-refractivity contribution in [3.8, 4) is 0 Å². The molecule has 1 aromatic carbocycles. The first kappa shape index (κ1) is 15.9. The summed E-state index contributed by atoms with van der Waals surface area (Å²) in [5, 5.41) is 7.83. The number of carbonyl (C=O) groups is 1. The van der Waals surface area contributed by atoms with E-state index < -0.39 is 0 Å². The maximum Gasteiger partial charge on any atom is 0.252 e. The zero-order valence-electron chi connectivity index (χ0n) is 13.7. The first-order chi connectivity index (χ1) is 11.7. The second kappa shape index (κ2) is 6.71. The number of amides is 1. The van der Waals surface area contributed by atoms with Crippen molar-refractivity contribution in [2.24, 2.45) is 0 Å². The maximum atomic E-state index is 12.4. The van der Waals surface area contributed by atoms with Gasteiger partial charge in [-0.15, -0.1) is 0 Å². The molecule has 2 aromatic rings. The highest BCUT2D eigenvalue weighted by atomic mass is 79.9. The average molecular weight is 388 g/mol. The molecule has 1 N–H and O–H groups in total. The van der Waals surface area contributed by atoms with Gasteiger partial charge in [-0.05, 0) is 59.8 Å². The number of carbonyl (C=O) groups excluding carboxylic acids is 1. The number of aromatic nitrogens is 2. The summed E-state index contributed by atoms with van der Waals surface area (Å²) in [5.41, 5.74) is 3.02. The van der Waals surface area contributed by atoms with Gasteiger partial charge >= 0.3 is 0 Å². The first-order valence-corrected chi connectivity index (χ1v) is 9.62. The Kier molecular flexibility index (Phi) is 4.44. The van der Waals surface area contributed by atoms with E-state index in [9.17, 15) is 4.79 Å². The van der Waals surface area contributed by atoms with Gasteiger partial charge in [0.1, 0.15) is 0 Å². The molecule has 0 unspecified atom stereocenters. The summed E-state index contributed by atoms with van der Waals surface area (Å²) in [6, 6.07) is 10.3. The predicted octanol–water partition coefficient (Wildman–Crippen LogP) is 4.57. The van der Waals surface area contributed by atoms with E-state index >= 15 is 0 Å². The third kappa shape index (κ3) is 3.27. The van der Waals surface area contributed by atoms with Crippen LogP contribution >= 0.6 is 15.9 Å². The van der Waals surface area contributed by atoms with Gasteiger partial charge in [-0.1, -0.05) is 25.0 Å². The molecule has 0 saturated heterocycles. The van der Waals surface area contributed by atoms with Crippen molar-refractivity contribution >= 4 is 21.8 Å². The predicted molar refractivity (Wildman–Crippen MR) is 97.0 cm³/mol. The molecule has 1 aromatic heterocycles. The summed E-state index contributed by atoms with van der Waals surface area (Å²) in [4.78, 5) is 12.4. The normalized spacial score (nSPS) is 18.0. The molecule has 24 heavy (non-hydrogen) atoms. The zero-order chi connectivity index (χ0) is 16.5. The van der Waals surface area contributed by atoms with Gasteiger partial charge < -0.3 is 5.32 Å². The van der Waals surface area contributed by atoms with Crippen LogP contribution in [0, 0.1) is 0 Å². The number of rotatable bonds is 5. The lowest BCUT2D eigenvalue weighted by Gasteiger charge is -2.13. The third-order valence-electron chi connectivity index (χ3n) is 5.03. The Bertz CT molecular complexity index is 745. The van der Waals surface area contributed by atoms with Crippen LogP contribution in [0.4, 0.5) is 0 Å². The molecular formula is C19H22BrN3O. The molecule has 2 saturated carbocycles. The van der Waals surface area contributed by atoms with Gasteiger partial charge in [0.2, 0.25) is 0 Å². The minimum atomic E-state index is -0.0640. The molecule has 0 atom stereocenters. The molecular weight excluding hydrogens is 366 g/mol. The van der Waals surface area contributed by atoms with E-state index in [1.54, 1.807) is 0 Å². The van der Waals surface area contributed by atoms with Crippen LogP contribution in [0.5, 0.6) is 0 Å². The van der Waals surface area contributed by atoms with E-state index in [0.29, 0.717) is 24.1 Å². The molecule has 0 aliphatic heterocycles. The summed E-state index contributed by atoms with van der Waals surface area (Å²) >= 11 is 3.43. The SMILES string of the molecule is O=C(NCc1cc(C2CC2)n(C2CCCC2)n1)c1ccccc1Br. The Hall–Kier alpha value is -1.62.